The number of fused-ring (bicyclic) bond motifs is 1. The molecule has 9 N–H and O–H groups in total. The van der Waals surface area contributed by atoms with Gasteiger partial charge in [0.2, 0.25) is 0 Å². The number of aryl methyl sites for hydroxylation is 1. The number of amides is 2. The number of hydroxylamine groups is 2. The minimum Gasteiger partial charge on any atom is -0.485 e. The molecule has 0 unspecified atom stereocenters. The number of nitrogens with zero attached hydrogens (tertiary/aromatic N) is 4. The summed E-state index contributed by atoms with van der Waals surface area (Å²) in [4.78, 5) is 53.5. The van der Waals surface area contributed by atoms with Gasteiger partial charge in [-0.25, -0.2) is 9.78 Å². The van der Waals surface area contributed by atoms with Crippen molar-refractivity contribution in [2.45, 2.75) is 101 Å². The van der Waals surface area contributed by atoms with Crippen molar-refractivity contribution in [3.63, 3.8) is 0 Å². The number of carbonyl (C=O) groups excluding carboxylic acids is 2. The first-order valence-corrected chi connectivity index (χ1v) is 19.0. The summed E-state index contributed by atoms with van der Waals surface area (Å²) in [6, 6.07) is 4.01. The summed E-state index contributed by atoms with van der Waals surface area (Å²) in [7, 11) is -3.36. The maximum absolute atomic E-state index is 13.5. The molecule has 0 bridgehead atoms. The van der Waals surface area contributed by atoms with E-state index in [-0.39, 0.29) is 28.9 Å². The van der Waals surface area contributed by atoms with Crippen LogP contribution >= 0.6 is 11.3 Å². The number of carboxylic acids is 1. The number of thiazole rings is 1. The van der Waals surface area contributed by atoms with Gasteiger partial charge in [0.25, 0.3) is 17.4 Å². The quantitative estimate of drug-likeness (QED) is 0.0541. The molecule has 3 aliphatic rings. The molecule has 3 heterocycles. The van der Waals surface area contributed by atoms with Gasteiger partial charge in [-0.15, -0.1) is 15.6 Å². The maximum atomic E-state index is 13.5. The fraction of sp³-hybridized carbons (Fsp3) is 0.562. The molecule has 1 aromatic heterocycles. The summed E-state index contributed by atoms with van der Waals surface area (Å²) in [5.41, 5.74) is 15.1. The normalized spacial score (nSPS) is 26.0. The zero-order valence-corrected chi connectivity index (χ0v) is 31.2. The van der Waals surface area contributed by atoms with Crippen LogP contribution in [0, 0.1) is 0 Å². The van der Waals surface area contributed by atoms with E-state index in [1.54, 1.807) is 19.2 Å². The molecule has 1 aliphatic carbocycles. The van der Waals surface area contributed by atoms with E-state index in [0.717, 1.165) is 42.6 Å². The van der Waals surface area contributed by atoms with Crippen LogP contribution in [0.5, 0.6) is 5.75 Å². The molecule has 2 amide bonds. The molecule has 53 heavy (non-hydrogen) atoms. The van der Waals surface area contributed by atoms with Crippen LogP contribution < -0.4 is 27.3 Å². The number of ether oxygens (including phenoxy) is 2. The van der Waals surface area contributed by atoms with E-state index in [1.807, 2.05) is 6.07 Å². The van der Waals surface area contributed by atoms with Gasteiger partial charge in [0.15, 0.2) is 16.9 Å². The molecule has 0 radical (unpaired) electrons. The molecule has 2 aromatic rings. The van der Waals surface area contributed by atoms with Crippen LogP contribution in [0.4, 0.5) is 5.13 Å². The summed E-state index contributed by atoms with van der Waals surface area (Å²) in [6.07, 6.45) is 3.34. The zero-order valence-electron chi connectivity index (χ0n) is 29.6. The highest BCUT2D eigenvalue weighted by molar-refractivity contribution is 7.80. The average Bonchev–Trinajstić information content (AvgIpc) is 3.42. The molecular weight excluding hydrogens is 737 g/mol. The Morgan fingerprint density at radius 1 is 1.25 bits per heavy atom. The van der Waals surface area contributed by atoms with Crippen molar-refractivity contribution >= 4 is 56.2 Å². The van der Waals surface area contributed by atoms with Crippen molar-refractivity contribution in [2.75, 3.05) is 19.4 Å². The standard InChI is InChI=1S/C32H44N8O11S2/c1-30(2)24(27(42)40(30)51-53(45,46)47)38-26(41)23(20-15-52-29(35)37-20)39-50-31(3,28(43)44)22-7-5-6-17-14-18(8-9-21(17)49-22)25(34)36-19-10-12-32(16-33,48-4)13-11-19/h8-9,14-15,19,22,24H,5-7,10-13,16,33H2,1-4H3,(H2,34,36)(H2,35,37)(H,38,41)(H,43,44)(H,45,46,47)/b39-23-/t19?,22-,24-,31+,32?/m1/s1. The lowest BCUT2D eigenvalue weighted by Crippen LogP contribution is -2.76. The third kappa shape index (κ3) is 8.39. The van der Waals surface area contributed by atoms with Crippen LogP contribution in [0.1, 0.15) is 76.1 Å². The second-order valence-electron chi connectivity index (χ2n) is 13.9. The van der Waals surface area contributed by atoms with Crippen LogP contribution in [0.3, 0.4) is 0 Å². The average molecular weight is 781 g/mol. The summed E-state index contributed by atoms with van der Waals surface area (Å²) in [5, 5.41) is 18.6. The number of carboxylic acid groups (broad SMARTS) is 1. The minimum absolute atomic E-state index is 0.0282. The second kappa shape index (κ2) is 15.1. The highest BCUT2D eigenvalue weighted by Crippen LogP contribution is 2.36. The molecule has 1 saturated carbocycles. The van der Waals surface area contributed by atoms with E-state index in [9.17, 15) is 27.9 Å². The van der Waals surface area contributed by atoms with Crippen molar-refractivity contribution in [1.29, 1.82) is 0 Å². The monoisotopic (exact) mass is 780 g/mol. The van der Waals surface area contributed by atoms with E-state index in [2.05, 4.69) is 19.7 Å². The highest BCUT2D eigenvalue weighted by Gasteiger charge is 2.58. The molecule has 290 valence electrons. The van der Waals surface area contributed by atoms with Crippen LogP contribution in [0.15, 0.2) is 33.7 Å². The Balaban J connectivity index is 1.34. The topological polar surface area (TPSA) is 294 Å². The molecule has 0 spiro atoms. The summed E-state index contributed by atoms with van der Waals surface area (Å²) < 4.78 is 47.7. The molecule has 21 heteroatoms. The number of rotatable bonds is 13. The molecule has 3 atom stereocenters. The zero-order chi connectivity index (χ0) is 38.9. The van der Waals surface area contributed by atoms with Crippen molar-refractivity contribution in [3.8, 4) is 5.75 Å². The van der Waals surface area contributed by atoms with Gasteiger partial charge >= 0.3 is 16.4 Å². The Labute approximate surface area is 309 Å². The molecular formula is C32H44N8O11S2. The van der Waals surface area contributed by atoms with Crippen LogP contribution in [-0.4, -0.2) is 106 Å². The summed E-state index contributed by atoms with van der Waals surface area (Å²) in [5.74, 6) is -2.66. The third-order valence-electron chi connectivity index (χ3n) is 10.00. The third-order valence-corrected chi connectivity index (χ3v) is 11.0. The van der Waals surface area contributed by atoms with Crippen molar-refractivity contribution in [2.24, 2.45) is 21.6 Å². The molecule has 2 aliphatic heterocycles. The van der Waals surface area contributed by atoms with Gasteiger partial charge in [-0.05, 0) is 89.5 Å². The molecule has 2 fully saturated rings. The number of aliphatic imine (C=N–C) groups is 1. The lowest BCUT2D eigenvalue weighted by Gasteiger charge is -2.50. The first kappa shape index (κ1) is 39.8. The van der Waals surface area contributed by atoms with E-state index in [1.165, 1.54) is 26.2 Å². The number of nitrogen functional groups attached to an aromatic ring is 1. The minimum atomic E-state index is -5.04. The fourth-order valence-corrected chi connectivity index (χ4v) is 7.55. The smallest absolute Gasteiger partial charge is 0.418 e. The SMILES string of the molecule is COC1(CN)CCC(N=C(N)c2ccc3c(c2)CCC[C@H]([C@](C)(O/N=C(\C(=O)N[C@@H]2C(=O)N(OS(=O)(=O)O)C2(C)C)c2csc(N)n2)C(=O)O)O3)CC1. The van der Waals surface area contributed by atoms with E-state index in [4.69, 9.17) is 41.1 Å². The van der Waals surface area contributed by atoms with Crippen LogP contribution in [-0.2, 0) is 45.1 Å². The van der Waals surface area contributed by atoms with Gasteiger partial charge in [-0.2, -0.15) is 13.5 Å². The number of amidine groups is 1. The van der Waals surface area contributed by atoms with E-state index in [0.29, 0.717) is 41.6 Å². The highest BCUT2D eigenvalue weighted by atomic mass is 32.3. The number of hydrogen-bond donors (Lipinski definition) is 6. The largest absolute Gasteiger partial charge is 0.485 e. The number of benzene rings is 1. The molecule has 5 rings (SSSR count). The van der Waals surface area contributed by atoms with Crippen LogP contribution in [0.2, 0.25) is 0 Å². The predicted octanol–water partition coefficient (Wildman–Crippen LogP) is 0.905. The van der Waals surface area contributed by atoms with Gasteiger partial charge in [0, 0.05) is 24.6 Å². The summed E-state index contributed by atoms with van der Waals surface area (Å²) >= 11 is 0.966. The number of anilines is 1. The number of β-lactam (4-membered cyclic amide) rings is 1. The number of oxime groups is 1. The van der Waals surface area contributed by atoms with Gasteiger partial charge < -0.3 is 41.9 Å². The maximum Gasteiger partial charge on any atom is 0.418 e. The second-order valence-corrected chi connectivity index (χ2v) is 15.8. The lowest BCUT2D eigenvalue weighted by molar-refractivity contribution is -0.218. The van der Waals surface area contributed by atoms with Gasteiger partial charge in [0.05, 0.1) is 17.2 Å². The Morgan fingerprint density at radius 3 is 2.51 bits per heavy atom. The van der Waals surface area contributed by atoms with Crippen LogP contribution in [0.25, 0.3) is 0 Å². The van der Waals surface area contributed by atoms with Crippen molar-refractivity contribution < 1.29 is 51.1 Å². The first-order chi connectivity index (χ1) is 24.8. The number of aromatic nitrogens is 1. The summed E-state index contributed by atoms with van der Waals surface area (Å²) in [6.45, 7) is 4.44. The number of methoxy groups -OCH3 is 1. The van der Waals surface area contributed by atoms with E-state index < -0.39 is 57.2 Å². The van der Waals surface area contributed by atoms with Crippen molar-refractivity contribution in [3.05, 3.63) is 40.4 Å². The Hall–Kier alpha value is -4.41. The van der Waals surface area contributed by atoms with Gasteiger partial charge in [-0.3, -0.25) is 19.1 Å². The Morgan fingerprint density at radius 2 is 1.94 bits per heavy atom. The predicted molar refractivity (Wildman–Crippen MR) is 191 cm³/mol. The number of carbonyl (C=O) groups is 3. The number of nitrogens with one attached hydrogen (secondary N) is 1. The molecule has 1 aromatic carbocycles. The molecule has 1 saturated heterocycles. The lowest BCUT2D eigenvalue weighted by atomic mass is 9.82. The molecule has 19 nitrogen and oxygen atoms in total. The van der Waals surface area contributed by atoms with Crippen molar-refractivity contribution in [1.82, 2.24) is 15.4 Å². The van der Waals surface area contributed by atoms with Gasteiger partial charge in [-0.1, -0.05) is 5.16 Å². The first-order valence-electron chi connectivity index (χ1n) is 16.7. The van der Waals surface area contributed by atoms with E-state index >= 15 is 0 Å². The number of aliphatic carboxylic acids is 1. The number of nitrogens with two attached hydrogens (primary N) is 3. The number of hydrogen-bond acceptors (Lipinski definition) is 15. The fourth-order valence-electron chi connectivity index (χ4n) is 6.54. The Kier molecular flexibility index (Phi) is 11.4. The van der Waals surface area contributed by atoms with Gasteiger partial charge in [0.1, 0.15) is 23.3 Å². The Bertz CT molecular complexity index is 1900.